The Bertz CT molecular complexity index is 1390. The molecule has 0 bridgehead atoms. The van der Waals surface area contributed by atoms with Gasteiger partial charge in [0.1, 0.15) is 11.9 Å². The molecule has 0 amide bonds. The summed E-state index contributed by atoms with van der Waals surface area (Å²) in [5, 5.41) is 9.05. The molecule has 1 unspecified atom stereocenters. The molecule has 0 saturated heterocycles. The maximum atomic E-state index is 13.6. The monoisotopic (exact) mass is 522 g/mol. The molecule has 36 heavy (non-hydrogen) atoms. The fourth-order valence-corrected chi connectivity index (χ4v) is 5.36. The molecule has 0 aliphatic carbocycles. The van der Waals surface area contributed by atoms with Gasteiger partial charge >= 0.3 is 12.1 Å². The van der Waals surface area contributed by atoms with Crippen molar-refractivity contribution in [1.29, 1.82) is 0 Å². The molecule has 2 aromatic carbocycles. The number of anilines is 1. The molecule has 1 aliphatic rings. The number of ether oxygens (including phenoxy) is 2. The quantitative estimate of drug-likeness (QED) is 0.484. The van der Waals surface area contributed by atoms with Crippen LogP contribution in [0.1, 0.15) is 18.4 Å². The van der Waals surface area contributed by atoms with E-state index in [0.29, 0.717) is 23.1 Å². The molecule has 0 spiro atoms. The van der Waals surface area contributed by atoms with Gasteiger partial charge in [0, 0.05) is 18.7 Å². The minimum absolute atomic E-state index is 0.00664. The highest BCUT2D eigenvalue weighted by Crippen LogP contribution is 2.41. The van der Waals surface area contributed by atoms with E-state index in [1.54, 1.807) is 30.3 Å². The molecular formula is C24H21F3N2O6S. The van der Waals surface area contributed by atoms with Crippen LogP contribution in [0.15, 0.2) is 65.7 Å². The van der Waals surface area contributed by atoms with Gasteiger partial charge in [0.2, 0.25) is 5.88 Å². The van der Waals surface area contributed by atoms with E-state index in [9.17, 15) is 26.4 Å². The van der Waals surface area contributed by atoms with Gasteiger partial charge < -0.3 is 14.6 Å². The summed E-state index contributed by atoms with van der Waals surface area (Å²) in [6.07, 6.45) is -4.30. The van der Waals surface area contributed by atoms with Gasteiger partial charge in [0.15, 0.2) is 0 Å². The molecule has 12 heteroatoms. The Morgan fingerprint density at radius 2 is 1.92 bits per heavy atom. The molecule has 190 valence electrons. The lowest BCUT2D eigenvalue weighted by molar-refractivity contribution is -0.138. The zero-order chi connectivity index (χ0) is 26.1. The molecule has 0 radical (unpaired) electrons. The number of rotatable bonds is 7. The highest BCUT2D eigenvalue weighted by Gasteiger charge is 2.37. The first-order valence-electron chi connectivity index (χ1n) is 10.7. The number of fused-ring (bicyclic) bond motifs is 1. The van der Waals surface area contributed by atoms with Crippen LogP contribution in [0.3, 0.4) is 0 Å². The van der Waals surface area contributed by atoms with E-state index in [4.69, 9.17) is 14.6 Å². The van der Waals surface area contributed by atoms with Crippen LogP contribution in [-0.4, -0.2) is 44.2 Å². The van der Waals surface area contributed by atoms with Crippen LogP contribution in [0.2, 0.25) is 0 Å². The minimum atomic E-state index is -4.73. The summed E-state index contributed by atoms with van der Waals surface area (Å²) in [7, 11) is -3.02. The number of aromatic nitrogens is 1. The van der Waals surface area contributed by atoms with Crippen molar-refractivity contribution in [2.24, 2.45) is 0 Å². The predicted octanol–water partition coefficient (Wildman–Crippen LogP) is 4.60. The van der Waals surface area contributed by atoms with Gasteiger partial charge in [-0.1, -0.05) is 12.1 Å². The first-order valence-corrected chi connectivity index (χ1v) is 12.2. The second-order valence-corrected chi connectivity index (χ2v) is 9.87. The first-order chi connectivity index (χ1) is 17.0. The largest absolute Gasteiger partial charge is 0.486 e. The van der Waals surface area contributed by atoms with Crippen LogP contribution in [0.5, 0.6) is 11.6 Å². The lowest BCUT2D eigenvalue weighted by atomic mass is 10.0. The molecule has 1 aliphatic heterocycles. The highest BCUT2D eigenvalue weighted by molar-refractivity contribution is 7.92. The summed E-state index contributed by atoms with van der Waals surface area (Å²) in [4.78, 5) is 14.6. The lowest BCUT2D eigenvalue weighted by Crippen LogP contribution is -2.43. The summed E-state index contributed by atoms with van der Waals surface area (Å²) >= 11 is 0. The Balaban J connectivity index is 1.81. The third kappa shape index (κ3) is 5.23. The van der Waals surface area contributed by atoms with Crippen molar-refractivity contribution in [3.63, 3.8) is 0 Å². The minimum Gasteiger partial charge on any atom is -0.486 e. The van der Waals surface area contributed by atoms with Gasteiger partial charge in [-0.2, -0.15) is 13.2 Å². The number of nitrogens with zero attached hydrogens (tertiary/aromatic N) is 2. The summed E-state index contributed by atoms with van der Waals surface area (Å²) in [6, 6.07) is 11.6. The summed E-state index contributed by atoms with van der Waals surface area (Å²) in [5.74, 6) is -0.584. The average Bonchev–Trinajstić information content (AvgIpc) is 2.86. The van der Waals surface area contributed by atoms with E-state index in [2.05, 4.69) is 4.98 Å². The normalized spacial score (nSPS) is 15.7. The van der Waals surface area contributed by atoms with Gasteiger partial charge in [-0.15, -0.1) is 0 Å². The summed E-state index contributed by atoms with van der Waals surface area (Å²) < 4.78 is 79.0. The van der Waals surface area contributed by atoms with Crippen LogP contribution in [-0.2, 0) is 21.0 Å². The van der Waals surface area contributed by atoms with Gasteiger partial charge in [0.25, 0.3) is 10.0 Å². The van der Waals surface area contributed by atoms with E-state index in [0.717, 1.165) is 22.5 Å². The number of halogens is 3. The number of carbonyl (C=O) groups is 1. The molecular weight excluding hydrogens is 501 g/mol. The molecule has 3 aromatic rings. The number of sulfonamides is 1. The van der Waals surface area contributed by atoms with Crippen LogP contribution in [0, 0.1) is 0 Å². The number of pyridine rings is 1. The van der Waals surface area contributed by atoms with Gasteiger partial charge in [-0.05, 0) is 53.9 Å². The SMILES string of the molecule is COc1cc(-c2ccc3c(c2)N(S(=O)(=O)c2cccc(C(F)(F)F)c2)CC(CCC(=O)O)O3)ccn1. The van der Waals surface area contributed by atoms with Crippen molar-refractivity contribution in [3.8, 4) is 22.8 Å². The zero-order valence-electron chi connectivity index (χ0n) is 18.9. The number of carboxylic acids is 1. The van der Waals surface area contributed by atoms with Crippen LogP contribution >= 0.6 is 0 Å². The number of carboxylic acid groups (broad SMARTS) is 1. The van der Waals surface area contributed by atoms with Crippen molar-refractivity contribution < 1.29 is 41.0 Å². The number of benzene rings is 2. The fourth-order valence-electron chi connectivity index (χ4n) is 3.81. The highest BCUT2D eigenvalue weighted by atomic mass is 32.2. The van der Waals surface area contributed by atoms with Gasteiger partial charge in [-0.25, -0.2) is 13.4 Å². The Morgan fingerprint density at radius 3 is 2.61 bits per heavy atom. The molecule has 1 atom stereocenters. The van der Waals surface area contributed by atoms with E-state index < -0.39 is 38.7 Å². The maximum Gasteiger partial charge on any atom is 0.416 e. The number of alkyl halides is 3. The van der Waals surface area contributed by atoms with Crippen molar-refractivity contribution in [2.45, 2.75) is 30.0 Å². The van der Waals surface area contributed by atoms with Crippen molar-refractivity contribution >= 4 is 21.7 Å². The maximum absolute atomic E-state index is 13.6. The Labute approximate surface area is 205 Å². The van der Waals surface area contributed by atoms with Crippen LogP contribution < -0.4 is 13.8 Å². The van der Waals surface area contributed by atoms with Crippen LogP contribution in [0.4, 0.5) is 18.9 Å². The fraction of sp³-hybridized carbons (Fsp3) is 0.250. The average molecular weight is 523 g/mol. The molecule has 1 aromatic heterocycles. The van der Waals surface area contributed by atoms with Gasteiger partial charge in [-0.3, -0.25) is 9.10 Å². The predicted molar refractivity (Wildman–Crippen MR) is 123 cm³/mol. The van der Waals surface area contributed by atoms with E-state index in [-0.39, 0.29) is 30.8 Å². The second kappa shape index (κ2) is 9.69. The molecule has 1 N–H and O–H groups in total. The Kier molecular flexibility index (Phi) is 6.81. The van der Waals surface area contributed by atoms with Crippen LogP contribution in [0.25, 0.3) is 11.1 Å². The van der Waals surface area contributed by atoms with Crippen molar-refractivity contribution in [2.75, 3.05) is 18.0 Å². The number of hydrogen-bond donors (Lipinski definition) is 1. The van der Waals surface area contributed by atoms with Crippen molar-refractivity contribution in [1.82, 2.24) is 4.98 Å². The zero-order valence-corrected chi connectivity index (χ0v) is 19.7. The lowest BCUT2D eigenvalue weighted by Gasteiger charge is -2.35. The summed E-state index contributed by atoms with van der Waals surface area (Å²) in [6.45, 7) is -0.276. The third-order valence-corrected chi connectivity index (χ3v) is 7.37. The Hall–Kier alpha value is -3.80. The molecule has 8 nitrogen and oxygen atoms in total. The number of hydrogen-bond acceptors (Lipinski definition) is 6. The second-order valence-electron chi connectivity index (χ2n) is 8.00. The Morgan fingerprint density at radius 1 is 1.17 bits per heavy atom. The van der Waals surface area contributed by atoms with Crippen molar-refractivity contribution in [3.05, 3.63) is 66.4 Å². The molecule has 0 fully saturated rings. The topological polar surface area (TPSA) is 106 Å². The van der Waals surface area contributed by atoms with E-state index in [1.807, 2.05) is 0 Å². The summed E-state index contributed by atoms with van der Waals surface area (Å²) in [5.41, 5.74) is 0.268. The standard InChI is InChI=1S/C24H21F3N2O6S/c1-34-22-12-16(9-10-28-22)15-5-7-21-20(11-15)29(14-18(35-21)6-8-23(30)31)36(32,33)19-4-2-3-17(13-19)24(25,26)27/h2-5,7,9-13,18H,6,8,14H2,1H3,(H,30,31). The van der Waals surface area contributed by atoms with E-state index in [1.165, 1.54) is 13.3 Å². The smallest absolute Gasteiger partial charge is 0.416 e. The molecule has 0 saturated carbocycles. The molecule has 2 heterocycles. The van der Waals surface area contributed by atoms with E-state index >= 15 is 0 Å². The third-order valence-electron chi connectivity index (χ3n) is 5.60. The van der Waals surface area contributed by atoms with Gasteiger partial charge in [0.05, 0.1) is 29.8 Å². The number of aliphatic carboxylic acids is 1. The molecule has 4 rings (SSSR count). The number of methoxy groups -OCH3 is 1. The first kappa shape index (κ1) is 25.3.